The maximum atomic E-state index is 13.8. The second-order valence-electron chi connectivity index (χ2n) is 8.10. The summed E-state index contributed by atoms with van der Waals surface area (Å²) in [5, 5.41) is 6.80. The predicted octanol–water partition coefficient (Wildman–Crippen LogP) is 2.16. The fourth-order valence-electron chi connectivity index (χ4n) is 4.06. The van der Waals surface area contributed by atoms with Crippen molar-refractivity contribution >= 4 is 34.5 Å². The molecule has 0 spiro atoms. The standard InChI is InChI=1S/C24H27ClN6O4/c1-5-20(32)28-15-12-30(13-15)6-7-31-22-14(11-27-24(26-2)29-22)8-18(23(31)33)17-9-16(34-3)10-19(35-4)21(17)25/h5,8-11,15H,1,6-7,12-13H2,2-4H3,(H,28,32)(H,26,27,29). The Balaban J connectivity index is 1.73. The summed E-state index contributed by atoms with van der Waals surface area (Å²) in [4.78, 5) is 36.3. The molecule has 1 saturated heterocycles. The summed E-state index contributed by atoms with van der Waals surface area (Å²) < 4.78 is 12.4. The van der Waals surface area contributed by atoms with Crippen LogP contribution in [0.2, 0.25) is 5.02 Å². The lowest BCUT2D eigenvalue weighted by atomic mass is 10.0. The average molecular weight is 499 g/mol. The molecule has 0 atom stereocenters. The minimum Gasteiger partial charge on any atom is -0.497 e. The lowest BCUT2D eigenvalue weighted by molar-refractivity contribution is -0.118. The number of nitrogens with one attached hydrogen (secondary N) is 2. The molecule has 0 bridgehead atoms. The summed E-state index contributed by atoms with van der Waals surface area (Å²) in [7, 11) is 4.77. The summed E-state index contributed by atoms with van der Waals surface area (Å²) in [6, 6.07) is 5.18. The molecule has 11 heteroatoms. The van der Waals surface area contributed by atoms with Crippen LogP contribution < -0.4 is 25.7 Å². The first-order valence-corrected chi connectivity index (χ1v) is 11.4. The molecule has 2 aromatic heterocycles. The molecule has 3 heterocycles. The minimum atomic E-state index is -0.243. The molecule has 0 unspecified atom stereocenters. The number of pyridine rings is 1. The Kier molecular flexibility index (Phi) is 7.23. The van der Waals surface area contributed by atoms with Crippen molar-refractivity contribution in [3.05, 3.63) is 52.4 Å². The molecule has 1 aliphatic rings. The highest BCUT2D eigenvalue weighted by Crippen LogP contribution is 2.38. The van der Waals surface area contributed by atoms with Gasteiger partial charge in [0, 0.05) is 62.0 Å². The second-order valence-corrected chi connectivity index (χ2v) is 8.48. The van der Waals surface area contributed by atoms with Crippen molar-refractivity contribution in [3.8, 4) is 22.6 Å². The summed E-state index contributed by atoms with van der Waals surface area (Å²) in [5.41, 5.74) is 1.16. The van der Waals surface area contributed by atoms with Crippen LogP contribution in [0.25, 0.3) is 22.2 Å². The van der Waals surface area contributed by atoms with E-state index in [0.717, 1.165) is 0 Å². The maximum Gasteiger partial charge on any atom is 0.260 e. The Hall–Kier alpha value is -3.63. The van der Waals surface area contributed by atoms with Crippen molar-refractivity contribution in [2.75, 3.05) is 46.2 Å². The number of carbonyl (C=O) groups is 1. The molecule has 10 nitrogen and oxygen atoms in total. The largest absolute Gasteiger partial charge is 0.497 e. The number of benzene rings is 1. The molecule has 4 rings (SSSR count). The molecule has 35 heavy (non-hydrogen) atoms. The van der Waals surface area contributed by atoms with Crippen LogP contribution in [-0.2, 0) is 11.3 Å². The first-order valence-electron chi connectivity index (χ1n) is 11.0. The van der Waals surface area contributed by atoms with Gasteiger partial charge in [-0.2, -0.15) is 4.98 Å². The number of hydrogen-bond acceptors (Lipinski definition) is 8. The van der Waals surface area contributed by atoms with E-state index in [4.69, 9.17) is 21.1 Å². The maximum absolute atomic E-state index is 13.8. The molecular weight excluding hydrogens is 472 g/mol. The van der Waals surface area contributed by atoms with Crippen molar-refractivity contribution < 1.29 is 14.3 Å². The van der Waals surface area contributed by atoms with Crippen molar-refractivity contribution in [1.29, 1.82) is 0 Å². The number of amides is 1. The third kappa shape index (κ3) is 4.94. The summed E-state index contributed by atoms with van der Waals surface area (Å²) in [6.45, 7) is 5.86. The number of carbonyl (C=O) groups excluding carboxylic acids is 1. The Bertz CT molecular complexity index is 1340. The Morgan fingerprint density at radius 3 is 2.66 bits per heavy atom. The summed E-state index contributed by atoms with van der Waals surface area (Å²) in [6.07, 6.45) is 2.93. The monoisotopic (exact) mass is 498 g/mol. The third-order valence-corrected chi connectivity index (χ3v) is 6.33. The topological polar surface area (TPSA) is 111 Å². The fourth-order valence-corrected chi connectivity index (χ4v) is 4.35. The Labute approximate surface area is 207 Å². The predicted molar refractivity (Wildman–Crippen MR) is 135 cm³/mol. The smallest absolute Gasteiger partial charge is 0.260 e. The van der Waals surface area contributed by atoms with E-state index in [1.54, 1.807) is 36.0 Å². The van der Waals surface area contributed by atoms with Crippen LogP contribution in [-0.4, -0.2) is 72.3 Å². The van der Waals surface area contributed by atoms with Crippen molar-refractivity contribution in [2.45, 2.75) is 12.6 Å². The molecule has 184 valence electrons. The number of halogens is 1. The van der Waals surface area contributed by atoms with Crippen LogP contribution >= 0.6 is 11.6 Å². The molecule has 1 amide bonds. The van der Waals surface area contributed by atoms with Gasteiger partial charge in [0.25, 0.3) is 5.56 Å². The van der Waals surface area contributed by atoms with Crippen LogP contribution in [0.1, 0.15) is 0 Å². The van der Waals surface area contributed by atoms with Gasteiger partial charge in [-0.25, -0.2) is 4.98 Å². The highest BCUT2D eigenvalue weighted by molar-refractivity contribution is 6.35. The van der Waals surface area contributed by atoms with Crippen LogP contribution in [0.4, 0.5) is 5.95 Å². The molecule has 2 N–H and O–H groups in total. The van der Waals surface area contributed by atoms with E-state index >= 15 is 0 Å². The lowest BCUT2D eigenvalue weighted by Gasteiger charge is -2.39. The van der Waals surface area contributed by atoms with Gasteiger partial charge in [-0.1, -0.05) is 18.2 Å². The van der Waals surface area contributed by atoms with E-state index in [9.17, 15) is 9.59 Å². The number of ether oxygens (including phenoxy) is 2. The van der Waals surface area contributed by atoms with Crippen LogP contribution in [0.15, 0.2) is 41.8 Å². The lowest BCUT2D eigenvalue weighted by Crippen LogP contribution is -2.59. The zero-order valence-corrected chi connectivity index (χ0v) is 20.6. The van der Waals surface area contributed by atoms with E-state index in [-0.39, 0.29) is 17.5 Å². The second kappa shape index (κ2) is 10.3. The molecule has 1 fully saturated rings. The first-order chi connectivity index (χ1) is 16.9. The van der Waals surface area contributed by atoms with Gasteiger partial charge in [-0.05, 0) is 18.2 Å². The van der Waals surface area contributed by atoms with E-state index in [1.807, 2.05) is 0 Å². The number of nitrogens with zero attached hydrogens (tertiary/aromatic N) is 4. The summed E-state index contributed by atoms with van der Waals surface area (Å²) >= 11 is 6.60. The van der Waals surface area contributed by atoms with Crippen LogP contribution in [0.5, 0.6) is 11.5 Å². The van der Waals surface area contributed by atoms with Crippen LogP contribution in [0.3, 0.4) is 0 Å². The average Bonchev–Trinajstić information content (AvgIpc) is 2.85. The highest BCUT2D eigenvalue weighted by atomic mass is 35.5. The molecular formula is C24H27ClN6O4. The molecule has 0 saturated carbocycles. The van der Waals surface area contributed by atoms with Gasteiger partial charge in [0.05, 0.1) is 25.3 Å². The number of likely N-dealkylation sites (tertiary alicyclic amines) is 1. The van der Waals surface area contributed by atoms with Crippen molar-refractivity contribution in [3.63, 3.8) is 0 Å². The number of rotatable bonds is 9. The zero-order chi connectivity index (χ0) is 25.1. The molecule has 3 aromatic rings. The van der Waals surface area contributed by atoms with Gasteiger partial charge in [0.1, 0.15) is 17.1 Å². The molecule has 1 aromatic carbocycles. The van der Waals surface area contributed by atoms with E-state index in [1.165, 1.54) is 20.3 Å². The molecule has 0 aliphatic carbocycles. The number of fused-ring (bicyclic) bond motifs is 1. The first kappa shape index (κ1) is 24.5. The van der Waals surface area contributed by atoms with Gasteiger partial charge in [0.2, 0.25) is 11.9 Å². The Morgan fingerprint density at radius 2 is 2.00 bits per heavy atom. The molecule has 1 aliphatic heterocycles. The number of anilines is 1. The number of hydrogen-bond donors (Lipinski definition) is 2. The summed E-state index contributed by atoms with van der Waals surface area (Å²) in [5.74, 6) is 1.14. The Morgan fingerprint density at radius 1 is 1.23 bits per heavy atom. The number of methoxy groups -OCH3 is 2. The van der Waals surface area contributed by atoms with E-state index in [0.29, 0.717) is 70.8 Å². The quantitative estimate of drug-likeness (QED) is 0.432. The van der Waals surface area contributed by atoms with Crippen molar-refractivity contribution in [1.82, 2.24) is 24.8 Å². The van der Waals surface area contributed by atoms with Gasteiger partial charge in [-0.15, -0.1) is 0 Å². The minimum absolute atomic E-state index is 0.0709. The van der Waals surface area contributed by atoms with Gasteiger partial charge in [0.15, 0.2) is 0 Å². The van der Waals surface area contributed by atoms with Gasteiger partial charge < -0.3 is 20.1 Å². The van der Waals surface area contributed by atoms with Gasteiger partial charge >= 0.3 is 0 Å². The molecule has 0 radical (unpaired) electrons. The van der Waals surface area contributed by atoms with E-state index < -0.39 is 0 Å². The zero-order valence-electron chi connectivity index (χ0n) is 19.8. The fraction of sp³-hybridized carbons (Fsp3) is 0.333. The SMILES string of the molecule is C=CC(=O)NC1CN(CCn2c(=O)c(-c3cc(OC)cc(OC)c3Cl)cc3cnc(NC)nc32)C1. The third-order valence-electron chi connectivity index (χ3n) is 5.94. The van der Waals surface area contributed by atoms with Gasteiger partial charge in [-0.3, -0.25) is 19.1 Å². The van der Waals surface area contributed by atoms with E-state index in [2.05, 4.69) is 32.1 Å². The highest BCUT2D eigenvalue weighted by Gasteiger charge is 2.27. The van der Waals surface area contributed by atoms with Crippen LogP contribution in [0, 0.1) is 0 Å². The van der Waals surface area contributed by atoms with Crippen molar-refractivity contribution in [2.24, 2.45) is 0 Å². The number of aromatic nitrogens is 3. The normalized spacial score (nSPS) is 13.8.